The zero-order valence-corrected chi connectivity index (χ0v) is 18.9. The summed E-state index contributed by atoms with van der Waals surface area (Å²) in [4.78, 5) is 28.4. The van der Waals surface area contributed by atoms with Gasteiger partial charge in [-0.3, -0.25) is 14.5 Å². The minimum atomic E-state index is -0.272. The van der Waals surface area contributed by atoms with E-state index in [2.05, 4.69) is 24.1 Å². The maximum Gasteiger partial charge on any atom is 0.255 e. The number of fused-ring (bicyclic) bond motifs is 1. The van der Waals surface area contributed by atoms with E-state index >= 15 is 0 Å². The van der Waals surface area contributed by atoms with Crippen LogP contribution in [-0.2, 0) is 4.74 Å². The van der Waals surface area contributed by atoms with Gasteiger partial charge >= 0.3 is 0 Å². The highest BCUT2D eigenvalue weighted by atomic mass is 16.5. The lowest BCUT2D eigenvalue weighted by atomic mass is 10.0. The van der Waals surface area contributed by atoms with Crippen molar-refractivity contribution in [2.24, 2.45) is 5.92 Å². The number of carbonyl (C=O) groups excluding carboxylic acids is 1. The Balaban J connectivity index is 1.58. The van der Waals surface area contributed by atoms with Gasteiger partial charge in [-0.05, 0) is 25.0 Å². The van der Waals surface area contributed by atoms with Gasteiger partial charge in [0.05, 0.1) is 23.7 Å². The van der Waals surface area contributed by atoms with Crippen LogP contribution in [0.2, 0.25) is 0 Å². The van der Waals surface area contributed by atoms with Crippen molar-refractivity contribution in [1.29, 1.82) is 0 Å². The molecule has 1 unspecified atom stereocenters. The SMILES string of the molecule is Cc1c(-c2ccccc2)oc2c(C(=O)NCC3CN(CC(C)C)CCO3)cccc2c1=O. The van der Waals surface area contributed by atoms with Gasteiger partial charge in [0.25, 0.3) is 5.91 Å². The van der Waals surface area contributed by atoms with Crippen molar-refractivity contribution in [2.75, 3.05) is 32.8 Å². The second kappa shape index (κ2) is 9.67. The monoisotopic (exact) mass is 434 g/mol. The van der Waals surface area contributed by atoms with E-state index in [9.17, 15) is 9.59 Å². The van der Waals surface area contributed by atoms with Crippen molar-refractivity contribution in [3.05, 3.63) is 69.9 Å². The molecule has 1 aliphatic rings. The smallest absolute Gasteiger partial charge is 0.255 e. The summed E-state index contributed by atoms with van der Waals surface area (Å²) in [6.45, 7) is 9.95. The molecule has 1 saturated heterocycles. The summed E-state index contributed by atoms with van der Waals surface area (Å²) in [5.41, 5.74) is 1.87. The number of nitrogens with one attached hydrogen (secondary N) is 1. The van der Waals surface area contributed by atoms with Gasteiger partial charge in [0.15, 0.2) is 11.0 Å². The van der Waals surface area contributed by atoms with E-state index < -0.39 is 0 Å². The quantitative estimate of drug-likeness (QED) is 0.638. The summed E-state index contributed by atoms with van der Waals surface area (Å²) in [6, 6.07) is 14.6. The van der Waals surface area contributed by atoms with Crippen LogP contribution in [0.3, 0.4) is 0 Å². The zero-order valence-electron chi connectivity index (χ0n) is 18.9. The predicted molar refractivity (Wildman–Crippen MR) is 126 cm³/mol. The van der Waals surface area contributed by atoms with Gasteiger partial charge in [-0.15, -0.1) is 0 Å². The van der Waals surface area contributed by atoms with Crippen LogP contribution >= 0.6 is 0 Å². The fourth-order valence-electron chi connectivity index (χ4n) is 4.24. The summed E-state index contributed by atoms with van der Waals surface area (Å²) in [5.74, 6) is 0.804. The second-order valence-electron chi connectivity index (χ2n) is 8.79. The maximum atomic E-state index is 13.1. The Bertz CT molecular complexity index is 1150. The Hall–Kier alpha value is -2.96. The highest BCUT2D eigenvalue weighted by Crippen LogP contribution is 2.27. The Labute approximate surface area is 188 Å². The van der Waals surface area contributed by atoms with Crippen LogP contribution in [0.15, 0.2) is 57.7 Å². The minimum absolute atomic E-state index is 0.0597. The molecule has 0 aliphatic carbocycles. The zero-order chi connectivity index (χ0) is 22.7. The highest BCUT2D eigenvalue weighted by molar-refractivity contribution is 6.05. The standard InChI is InChI=1S/C26H30N2O4/c1-17(2)15-28-12-13-31-20(16-28)14-27-26(30)22-11-7-10-21-23(29)18(3)24(32-25(21)22)19-8-5-4-6-9-19/h4-11,17,20H,12-16H2,1-3H3,(H,27,30). The average molecular weight is 435 g/mol. The Morgan fingerprint density at radius 3 is 2.69 bits per heavy atom. The molecule has 0 radical (unpaired) electrons. The Morgan fingerprint density at radius 1 is 1.16 bits per heavy atom. The van der Waals surface area contributed by atoms with Crippen molar-refractivity contribution in [2.45, 2.75) is 26.9 Å². The minimum Gasteiger partial charge on any atom is -0.455 e. The summed E-state index contributed by atoms with van der Waals surface area (Å²) in [5, 5.41) is 3.38. The molecular weight excluding hydrogens is 404 g/mol. The van der Waals surface area contributed by atoms with Crippen molar-refractivity contribution in [3.8, 4) is 11.3 Å². The van der Waals surface area contributed by atoms with Crippen molar-refractivity contribution in [3.63, 3.8) is 0 Å². The molecule has 2 aromatic carbocycles. The molecule has 2 heterocycles. The predicted octanol–water partition coefficient (Wildman–Crippen LogP) is 3.86. The molecule has 6 nitrogen and oxygen atoms in total. The van der Waals surface area contributed by atoms with Gasteiger partial charge < -0.3 is 14.5 Å². The maximum absolute atomic E-state index is 13.1. The topological polar surface area (TPSA) is 71.8 Å². The molecule has 0 spiro atoms. The first-order chi connectivity index (χ1) is 15.4. The van der Waals surface area contributed by atoms with Gasteiger partial charge in [-0.25, -0.2) is 0 Å². The molecule has 1 atom stereocenters. The van der Waals surface area contributed by atoms with E-state index in [0.717, 1.165) is 25.2 Å². The van der Waals surface area contributed by atoms with Crippen LogP contribution in [0.1, 0.15) is 29.8 Å². The Morgan fingerprint density at radius 2 is 1.94 bits per heavy atom. The van der Waals surface area contributed by atoms with E-state index in [4.69, 9.17) is 9.15 Å². The lowest BCUT2D eigenvalue weighted by Crippen LogP contribution is -2.48. The second-order valence-corrected chi connectivity index (χ2v) is 8.79. The van der Waals surface area contributed by atoms with Gasteiger partial charge in [-0.2, -0.15) is 0 Å². The largest absolute Gasteiger partial charge is 0.455 e. The van der Waals surface area contributed by atoms with Crippen LogP contribution in [0, 0.1) is 12.8 Å². The van der Waals surface area contributed by atoms with Crippen molar-refractivity contribution < 1.29 is 13.9 Å². The summed E-state index contributed by atoms with van der Waals surface area (Å²) in [6.07, 6.45) is -0.0597. The summed E-state index contributed by atoms with van der Waals surface area (Å²) < 4.78 is 12.0. The number of rotatable bonds is 6. The van der Waals surface area contributed by atoms with Crippen LogP contribution in [0.5, 0.6) is 0 Å². The third-order valence-corrected chi connectivity index (χ3v) is 5.76. The van der Waals surface area contributed by atoms with Gasteiger partial charge in [0, 0.05) is 37.3 Å². The lowest BCUT2D eigenvalue weighted by Gasteiger charge is -2.33. The molecular formula is C26H30N2O4. The number of hydrogen-bond acceptors (Lipinski definition) is 5. The molecule has 0 bridgehead atoms. The van der Waals surface area contributed by atoms with Crippen LogP contribution < -0.4 is 10.7 Å². The number of benzene rings is 2. The van der Waals surface area contributed by atoms with E-state index in [-0.39, 0.29) is 17.4 Å². The average Bonchev–Trinajstić information content (AvgIpc) is 2.80. The summed E-state index contributed by atoms with van der Waals surface area (Å²) in [7, 11) is 0. The lowest BCUT2D eigenvalue weighted by molar-refractivity contribution is -0.0295. The third kappa shape index (κ3) is 4.76. The number of nitrogens with zero attached hydrogens (tertiary/aromatic N) is 1. The van der Waals surface area contributed by atoms with E-state index in [0.29, 0.717) is 46.9 Å². The number of para-hydroxylation sites is 1. The number of carbonyl (C=O) groups is 1. The van der Waals surface area contributed by atoms with E-state index in [1.807, 2.05) is 30.3 Å². The molecule has 1 fully saturated rings. The number of hydrogen-bond donors (Lipinski definition) is 1. The van der Waals surface area contributed by atoms with Crippen LogP contribution in [0.4, 0.5) is 0 Å². The molecule has 3 aromatic rings. The molecule has 1 aromatic heterocycles. The number of ether oxygens (including phenoxy) is 1. The fraction of sp³-hybridized carbons (Fsp3) is 0.385. The molecule has 1 aliphatic heterocycles. The first-order valence-corrected chi connectivity index (χ1v) is 11.2. The van der Waals surface area contributed by atoms with E-state index in [1.54, 1.807) is 25.1 Å². The first-order valence-electron chi connectivity index (χ1n) is 11.2. The van der Waals surface area contributed by atoms with Gasteiger partial charge in [0.2, 0.25) is 0 Å². The van der Waals surface area contributed by atoms with Crippen molar-refractivity contribution >= 4 is 16.9 Å². The van der Waals surface area contributed by atoms with Gasteiger partial charge in [-0.1, -0.05) is 50.2 Å². The number of morpholine rings is 1. The molecule has 1 N–H and O–H groups in total. The Kier molecular flexibility index (Phi) is 6.72. The normalized spacial score (nSPS) is 17.1. The van der Waals surface area contributed by atoms with Crippen molar-refractivity contribution in [1.82, 2.24) is 10.2 Å². The first kappa shape index (κ1) is 22.2. The fourth-order valence-corrected chi connectivity index (χ4v) is 4.24. The molecule has 32 heavy (non-hydrogen) atoms. The van der Waals surface area contributed by atoms with Crippen LogP contribution in [0.25, 0.3) is 22.3 Å². The third-order valence-electron chi connectivity index (χ3n) is 5.76. The summed E-state index contributed by atoms with van der Waals surface area (Å²) >= 11 is 0. The molecule has 6 heteroatoms. The van der Waals surface area contributed by atoms with E-state index in [1.165, 1.54) is 0 Å². The highest BCUT2D eigenvalue weighted by Gasteiger charge is 2.23. The molecule has 0 saturated carbocycles. The van der Waals surface area contributed by atoms with Crippen LogP contribution in [-0.4, -0.2) is 49.7 Å². The molecule has 168 valence electrons. The molecule has 1 amide bonds. The number of amides is 1. The van der Waals surface area contributed by atoms with Gasteiger partial charge in [0.1, 0.15) is 5.76 Å². The molecule has 4 rings (SSSR count).